The number of non-ortho nitro benzene ring substituents is 1. The lowest BCUT2D eigenvalue weighted by Crippen LogP contribution is -2.47. The van der Waals surface area contributed by atoms with Crippen molar-refractivity contribution in [1.29, 1.82) is 0 Å². The normalized spacial score (nSPS) is 15.8. The molecular formula is C14H19N3O4. The van der Waals surface area contributed by atoms with Gasteiger partial charge in [0.25, 0.3) is 5.69 Å². The fourth-order valence-corrected chi connectivity index (χ4v) is 2.46. The Morgan fingerprint density at radius 3 is 2.52 bits per heavy atom. The maximum atomic E-state index is 11.3. The van der Waals surface area contributed by atoms with Crippen molar-refractivity contribution in [2.24, 2.45) is 0 Å². The van der Waals surface area contributed by atoms with E-state index in [-0.39, 0.29) is 11.6 Å². The van der Waals surface area contributed by atoms with Gasteiger partial charge in [0, 0.05) is 57.3 Å². The smallest absolute Gasteiger partial charge is 0.270 e. The summed E-state index contributed by atoms with van der Waals surface area (Å²) in [5.41, 5.74) is 0.858. The maximum Gasteiger partial charge on any atom is 0.270 e. The molecule has 2 rings (SSSR count). The van der Waals surface area contributed by atoms with E-state index in [1.807, 2.05) is 0 Å². The number of nitrogens with zero attached hydrogens (tertiary/aromatic N) is 3. The summed E-state index contributed by atoms with van der Waals surface area (Å²) >= 11 is 0. The molecule has 7 heteroatoms. The molecule has 1 fully saturated rings. The number of hydrogen-bond acceptors (Lipinski definition) is 5. The minimum atomic E-state index is -0.406. The van der Waals surface area contributed by atoms with Crippen LogP contribution in [0, 0.1) is 10.1 Å². The minimum Gasteiger partial charge on any atom is -0.496 e. The molecule has 1 saturated heterocycles. The number of nitro groups is 1. The minimum absolute atomic E-state index is 0.0631. The molecule has 1 aromatic rings. The van der Waals surface area contributed by atoms with Crippen molar-refractivity contribution in [1.82, 2.24) is 9.80 Å². The van der Waals surface area contributed by atoms with Gasteiger partial charge in [-0.1, -0.05) is 0 Å². The molecule has 0 N–H and O–H groups in total. The Bertz CT molecular complexity index is 539. The van der Waals surface area contributed by atoms with E-state index in [0.717, 1.165) is 18.7 Å². The highest BCUT2D eigenvalue weighted by Crippen LogP contribution is 2.25. The number of methoxy groups -OCH3 is 1. The van der Waals surface area contributed by atoms with Gasteiger partial charge >= 0.3 is 0 Å². The van der Waals surface area contributed by atoms with Crippen molar-refractivity contribution in [2.75, 3.05) is 33.3 Å². The summed E-state index contributed by atoms with van der Waals surface area (Å²) in [5.74, 6) is 0.733. The van der Waals surface area contributed by atoms with E-state index >= 15 is 0 Å². The van der Waals surface area contributed by atoms with E-state index in [9.17, 15) is 14.9 Å². The number of hydrogen-bond donors (Lipinski definition) is 0. The number of nitro benzene ring substituents is 1. The molecule has 1 amide bonds. The number of carbonyl (C=O) groups is 1. The van der Waals surface area contributed by atoms with Crippen LogP contribution in [0.25, 0.3) is 0 Å². The van der Waals surface area contributed by atoms with Gasteiger partial charge in [0.15, 0.2) is 0 Å². The van der Waals surface area contributed by atoms with Gasteiger partial charge in [-0.25, -0.2) is 0 Å². The molecule has 1 aliphatic rings. The molecule has 7 nitrogen and oxygen atoms in total. The summed E-state index contributed by atoms with van der Waals surface area (Å²) in [6.45, 7) is 5.03. The highest BCUT2D eigenvalue weighted by molar-refractivity contribution is 5.73. The quantitative estimate of drug-likeness (QED) is 0.617. The lowest BCUT2D eigenvalue weighted by molar-refractivity contribution is -0.385. The second-order valence-electron chi connectivity index (χ2n) is 5.04. The number of rotatable bonds is 4. The van der Waals surface area contributed by atoms with Crippen molar-refractivity contribution >= 4 is 11.6 Å². The monoisotopic (exact) mass is 293 g/mol. The Labute approximate surface area is 123 Å². The summed E-state index contributed by atoms with van der Waals surface area (Å²) in [4.78, 5) is 25.7. The van der Waals surface area contributed by atoms with Gasteiger partial charge in [0.05, 0.1) is 12.0 Å². The lowest BCUT2D eigenvalue weighted by atomic mass is 10.1. The number of piperazine rings is 1. The highest BCUT2D eigenvalue weighted by atomic mass is 16.6. The van der Waals surface area contributed by atoms with Crippen molar-refractivity contribution in [3.8, 4) is 5.75 Å². The molecular weight excluding hydrogens is 274 g/mol. The van der Waals surface area contributed by atoms with Crippen LogP contribution < -0.4 is 4.74 Å². The van der Waals surface area contributed by atoms with E-state index in [0.29, 0.717) is 25.4 Å². The summed E-state index contributed by atoms with van der Waals surface area (Å²) in [5, 5.41) is 10.9. The van der Waals surface area contributed by atoms with E-state index in [1.54, 1.807) is 31.1 Å². The van der Waals surface area contributed by atoms with Crippen LogP contribution >= 0.6 is 0 Å². The average Bonchev–Trinajstić information content (AvgIpc) is 2.47. The fraction of sp³-hybridized carbons (Fsp3) is 0.500. The SMILES string of the molecule is COc1ccc([N+](=O)[O-])cc1CN1CCN(C(C)=O)CC1. The third-order valence-electron chi connectivity index (χ3n) is 3.69. The van der Waals surface area contributed by atoms with Crippen molar-refractivity contribution in [3.05, 3.63) is 33.9 Å². The fourth-order valence-electron chi connectivity index (χ4n) is 2.46. The van der Waals surface area contributed by atoms with Gasteiger partial charge in [-0.3, -0.25) is 19.8 Å². The second kappa shape index (κ2) is 6.53. The van der Waals surface area contributed by atoms with Crippen LogP contribution in [-0.4, -0.2) is 53.9 Å². The first-order valence-electron chi connectivity index (χ1n) is 6.80. The third kappa shape index (κ3) is 3.69. The highest BCUT2D eigenvalue weighted by Gasteiger charge is 2.20. The zero-order valence-corrected chi connectivity index (χ0v) is 12.2. The molecule has 0 radical (unpaired) electrons. The summed E-state index contributed by atoms with van der Waals surface area (Å²) < 4.78 is 5.27. The van der Waals surface area contributed by atoms with Gasteiger partial charge < -0.3 is 9.64 Å². The second-order valence-corrected chi connectivity index (χ2v) is 5.04. The number of amides is 1. The Morgan fingerprint density at radius 2 is 2.00 bits per heavy atom. The number of carbonyl (C=O) groups excluding carboxylic acids is 1. The van der Waals surface area contributed by atoms with E-state index in [2.05, 4.69) is 4.90 Å². The van der Waals surface area contributed by atoms with Crippen LogP contribution in [0.3, 0.4) is 0 Å². The topological polar surface area (TPSA) is 75.9 Å². The Hall–Kier alpha value is -2.15. The van der Waals surface area contributed by atoms with Gasteiger partial charge in [-0.05, 0) is 6.07 Å². The molecule has 1 aromatic carbocycles. The van der Waals surface area contributed by atoms with Crippen LogP contribution in [0.1, 0.15) is 12.5 Å². The van der Waals surface area contributed by atoms with Crippen LogP contribution in [0.4, 0.5) is 5.69 Å². The Kier molecular flexibility index (Phi) is 4.74. The molecule has 0 aliphatic carbocycles. The molecule has 0 atom stereocenters. The molecule has 1 heterocycles. The zero-order valence-electron chi connectivity index (χ0n) is 12.2. The van der Waals surface area contributed by atoms with Crippen molar-refractivity contribution in [3.63, 3.8) is 0 Å². The Balaban J connectivity index is 2.07. The van der Waals surface area contributed by atoms with Crippen molar-refractivity contribution < 1.29 is 14.5 Å². The van der Waals surface area contributed by atoms with Crippen molar-refractivity contribution in [2.45, 2.75) is 13.5 Å². The van der Waals surface area contributed by atoms with Gasteiger partial charge in [-0.15, -0.1) is 0 Å². The molecule has 0 bridgehead atoms. The summed E-state index contributed by atoms with van der Waals surface area (Å²) in [6, 6.07) is 4.62. The average molecular weight is 293 g/mol. The number of benzene rings is 1. The zero-order chi connectivity index (χ0) is 15.4. The maximum absolute atomic E-state index is 11.3. The summed E-state index contributed by atoms with van der Waals surface area (Å²) in [7, 11) is 1.55. The first-order chi connectivity index (χ1) is 10.0. The molecule has 21 heavy (non-hydrogen) atoms. The van der Waals surface area contributed by atoms with Crippen LogP contribution in [0.2, 0.25) is 0 Å². The molecule has 0 aromatic heterocycles. The largest absolute Gasteiger partial charge is 0.496 e. The van der Waals surface area contributed by atoms with Crippen LogP contribution in [0.5, 0.6) is 5.75 Å². The molecule has 0 unspecified atom stereocenters. The molecule has 0 saturated carbocycles. The van der Waals surface area contributed by atoms with Crippen LogP contribution in [0.15, 0.2) is 18.2 Å². The lowest BCUT2D eigenvalue weighted by Gasteiger charge is -2.34. The van der Waals surface area contributed by atoms with E-state index in [4.69, 9.17) is 4.74 Å². The predicted octanol–water partition coefficient (Wildman–Crippen LogP) is 1.27. The van der Waals surface area contributed by atoms with Gasteiger partial charge in [0.2, 0.25) is 5.91 Å². The van der Waals surface area contributed by atoms with E-state index in [1.165, 1.54) is 6.07 Å². The van der Waals surface area contributed by atoms with Gasteiger partial charge in [0.1, 0.15) is 5.75 Å². The van der Waals surface area contributed by atoms with E-state index < -0.39 is 4.92 Å². The summed E-state index contributed by atoms with van der Waals surface area (Å²) in [6.07, 6.45) is 0. The first kappa shape index (κ1) is 15.2. The third-order valence-corrected chi connectivity index (χ3v) is 3.69. The molecule has 1 aliphatic heterocycles. The standard InChI is InChI=1S/C14H19N3O4/c1-11(18)16-7-5-15(6-8-16)10-12-9-13(17(19)20)3-4-14(12)21-2/h3-4,9H,5-8,10H2,1-2H3. The first-order valence-corrected chi connectivity index (χ1v) is 6.80. The van der Waals surface area contributed by atoms with Gasteiger partial charge in [-0.2, -0.15) is 0 Å². The molecule has 114 valence electrons. The molecule has 0 spiro atoms. The number of ether oxygens (including phenoxy) is 1. The van der Waals surface area contributed by atoms with Crippen LogP contribution in [-0.2, 0) is 11.3 Å². The Morgan fingerprint density at radius 1 is 1.33 bits per heavy atom. The predicted molar refractivity (Wildman–Crippen MR) is 77.2 cm³/mol.